The van der Waals surface area contributed by atoms with Gasteiger partial charge in [0.2, 0.25) is 10.0 Å². The summed E-state index contributed by atoms with van der Waals surface area (Å²) in [4.78, 5) is 2.18. The number of sulfonamides is 1. The van der Waals surface area contributed by atoms with Gasteiger partial charge in [0.25, 0.3) is 0 Å². The summed E-state index contributed by atoms with van der Waals surface area (Å²) in [6, 6.07) is 13.8. The van der Waals surface area contributed by atoms with Crippen LogP contribution in [0.25, 0.3) is 0 Å². The van der Waals surface area contributed by atoms with Gasteiger partial charge in [-0.05, 0) is 56.1 Å². The van der Waals surface area contributed by atoms with E-state index in [9.17, 15) is 8.42 Å². The number of likely N-dealkylation sites (N-methyl/N-ethyl adjacent to an activating group) is 1. The Hall–Kier alpha value is -2.09. The summed E-state index contributed by atoms with van der Waals surface area (Å²) in [7, 11) is 3.39. The lowest BCUT2D eigenvalue weighted by Gasteiger charge is -2.25. The van der Waals surface area contributed by atoms with Crippen LogP contribution >= 0.6 is 0 Å². The standard InChI is InChI=1S/C18H24N2O4S/c1-20(2)18(14-5-7-15(23-3)8-6-14)13-19-25(21,22)17-11-9-16(24-4)10-12-17/h5-12,18-19H,13H2,1-4H3/t18-/m1/s1. The molecule has 6 nitrogen and oxygen atoms in total. The normalized spacial score (nSPS) is 12.8. The fourth-order valence-corrected chi connectivity index (χ4v) is 3.49. The molecule has 2 aromatic rings. The summed E-state index contributed by atoms with van der Waals surface area (Å²) in [5.41, 5.74) is 1.00. The van der Waals surface area contributed by atoms with Crippen molar-refractivity contribution in [3.8, 4) is 11.5 Å². The second kappa shape index (κ2) is 8.33. The summed E-state index contributed by atoms with van der Waals surface area (Å²) in [6.45, 7) is 0.258. The summed E-state index contributed by atoms with van der Waals surface area (Å²) in [5, 5.41) is 0. The first-order valence-corrected chi connectivity index (χ1v) is 9.30. The molecule has 0 amide bonds. The smallest absolute Gasteiger partial charge is 0.240 e. The van der Waals surface area contributed by atoms with Crippen molar-refractivity contribution in [3.05, 3.63) is 54.1 Å². The molecule has 1 atom stereocenters. The third-order valence-electron chi connectivity index (χ3n) is 3.96. The largest absolute Gasteiger partial charge is 0.497 e. The molecule has 0 spiro atoms. The van der Waals surface area contributed by atoms with E-state index in [0.717, 1.165) is 11.3 Å². The molecule has 0 heterocycles. The third kappa shape index (κ3) is 4.94. The second-order valence-corrected chi connectivity index (χ2v) is 7.55. The minimum Gasteiger partial charge on any atom is -0.497 e. The van der Waals surface area contributed by atoms with Crippen LogP contribution in [0.2, 0.25) is 0 Å². The highest BCUT2D eigenvalue weighted by molar-refractivity contribution is 7.89. The van der Waals surface area contributed by atoms with Crippen LogP contribution in [0.3, 0.4) is 0 Å². The molecule has 0 aliphatic heterocycles. The van der Waals surface area contributed by atoms with Crippen molar-refractivity contribution in [3.63, 3.8) is 0 Å². The lowest BCUT2D eigenvalue weighted by molar-refractivity contribution is 0.299. The predicted octanol–water partition coefficient (Wildman–Crippen LogP) is 2.29. The number of rotatable bonds is 8. The van der Waals surface area contributed by atoms with Crippen LogP contribution in [0, 0.1) is 0 Å². The van der Waals surface area contributed by atoms with E-state index < -0.39 is 10.0 Å². The maximum absolute atomic E-state index is 12.5. The van der Waals surface area contributed by atoms with E-state index in [1.54, 1.807) is 19.2 Å². The fourth-order valence-electron chi connectivity index (χ4n) is 2.45. The van der Waals surface area contributed by atoms with Gasteiger partial charge in [-0.1, -0.05) is 12.1 Å². The number of hydrogen-bond donors (Lipinski definition) is 1. The molecule has 1 N–H and O–H groups in total. The Morgan fingerprint density at radius 1 is 0.920 bits per heavy atom. The topological polar surface area (TPSA) is 67.9 Å². The van der Waals surface area contributed by atoms with E-state index in [0.29, 0.717) is 5.75 Å². The molecule has 25 heavy (non-hydrogen) atoms. The number of nitrogens with one attached hydrogen (secondary N) is 1. The second-order valence-electron chi connectivity index (χ2n) is 5.78. The van der Waals surface area contributed by atoms with Gasteiger partial charge in [-0.25, -0.2) is 13.1 Å². The molecule has 0 aromatic heterocycles. The molecule has 0 unspecified atom stereocenters. The molecule has 0 aliphatic carbocycles. The Balaban J connectivity index is 2.13. The minimum absolute atomic E-state index is 0.0982. The van der Waals surface area contributed by atoms with E-state index >= 15 is 0 Å². The zero-order chi connectivity index (χ0) is 18.4. The van der Waals surface area contributed by atoms with Gasteiger partial charge < -0.3 is 14.4 Å². The summed E-state index contributed by atoms with van der Waals surface area (Å²) in [6.07, 6.45) is 0. The van der Waals surface area contributed by atoms with E-state index in [1.807, 2.05) is 43.3 Å². The number of hydrogen-bond acceptors (Lipinski definition) is 5. The molecule has 136 valence electrons. The highest BCUT2D eigenvalue weighted by Gasteiger charge is 2.19. The zero-order valence-corrected chi connectivity index (χ0v) is 15.7. The molecular formula is C18H24N2O4S. The Morgan fingerprint density at radius 2 is 1.40 bits per heavy atom. The van der Waals surface area contributed by atoms with E-state index in [-0.39, 0.29) is 17.5 Å². The van der Waals surface area contributed by atoms with Gasteiger partial charge in [0, 0.05) is 12.6 Å². The minimum atomic E-state index is -3.59. The van der Waals surface area contributed by atoms with E-state index in [2.05, 4.69) is 4.72 Å². The Kier molecular flexibility index (Phi) is 6.41. The fraction of sp³-hybridized carbons (Fsp3) is 0.333. The van der Waals surface area contributed by atoms with Gasteiger partial charge in [0.15, 0.2) is 0 Å². The molecule has 0 saturated carbocycles. The van der Waals surface area contributed by atoms with E-state index in [4.69, 9.17) is 9.47 Å². The summed E-state index contributed by atoms with van der Waals surface area (Å²) < 4.78 is 37.9. The Bertz CT molecular complexity index is 772. The Labute approximate surface area is 149 Å². The first kappa shape index (κ1) is 19.2. The molecule has 0 aliphatic rings. The predicted molar refractivity (Wildman–Crippen MR) is 97.6 cm³/mol. The highest BCUT2D eigenvalue weighted by Crippen LogP contribution is 2.22. The average molecular weight is 364 g/mol. The molecule has 7 heteroatoms. The maximum atomic E-state index is 12.5. The van der Waals surface area contributed by atoms with Crippen LogP contribution in [-0.2, 0) is 10.0 Å². The van der Waals surface area contributed by atoms with Crippen molar-refractivity contribution in [2.75, 3.05) is 34.9 Å². The van der Waals surface area contributed by atoms with Crippen LogP contribution in [0.1, 0.15) is 11.6 Å². The zero-order valence-electron chi connectivity index (χ0n) is 14.9. The van der Waals surface area contributed by atoms with Crippen molar-refractivity contribution in [1.82, 2.24) is 9.62 Å². The highest BCUT2D eigenvalue weighted by atomic mass is 32.2. The van der Waals surface area contributed by atoms with Crippen LogP contribution in [0.5, 0.6) is 11.5 Å². The molecule has 2 aromatic carbocycles. The monoisotopic (exact) mass is 364 g/mol. The number of ether oxygens (including phenoxy) is 2. The van der Waals surface area contributed by atoms with Crippen molar-refractivity contribution >= 4 is 10.0 Å². The molecule has 0 fully saturated rings. The van der Waals surface area contributed by atoms with Gasteiger partial charge in [0.05, 0.1) is 19.1 Å². The molecule has 0 radical (unpaired) electrons. The van der Waals surface area contributed by atoms with Crippen LogP contribution in [0.4, 0.5) is 0 Å². The molecule has 0 saturated heterocycles. The van der Waals surface area contributed by atoms with Crippen LogP contribution < -0.4 is 14.2 Å². The lowest BCUT2D eigenvalue weighted by Crippen LogP contribution is -2.34. The Morgan fingerprint density at radius 3 is 1.84 bits per heavy atom. The molecule has 0 bridgehead atoms. The lowest BCUT2D eigenvalue weighted by atomic mass is 10.1. The van der Waals surface area contributed by atoms with Crippen LogP contribution in [-0.4, -0.2) is 48.2 Å². The van der Waals surface area contributed by atoms with Gasteiger partial charge in [-0.2, -0.15) is 0 Å². The van der Waals surface area contributed by atoms with Crippen molar-refractivity contribution in [2.24, 2.45) is 0 Å². The van der Waals surface area contributed by atoms with Crippen molar-refractivity contribution in [1.29, 1.82) is 0 Å². The number of benzene rings is 2. The first-order valence-electron chi connectivity index (χ1n) is 7.81. The van der Waals surface area contributed by atoms with Gasteiger partial charge in [-0.15, -0.1) is 0 Å². The quantitative estimate of drug-likeness (QED) is 0.778. The third-order valence-corrected chi connectivity index (χ3v) is 5.40. The SMILES string of the molecule is COc1ccc([C@@H](CNS(=O)(=O)c2ccc(OC)cc2)N(C)C)cc1. The summed E-state index contributed by atoms with van der Waals surface area (Å²) in [5.74, 6) is 1.38. The van der Waals surface area contributed by atoms with Gasteiger partial charge in [0.1, 0.15) is 11.5 Å². The van der Waals surface area contributed by atoms with Crippen molar-refractivity contribution in [2.45, 2.75) is 10.9 Å². The van der Waals surface area contributed by atoms with Crippen molar-refractivity contribution < 1.29 is 17.9 Å². The maximum Gasteiger partial charge on any atom is 0.240 e. The first-order chi connectivity index (χ1) is 11.9. The number of nitrogens with zero attached hydrogens (tertiary/aromatic N) is 1. The summed E-state index contributed by atoms with van der Waals surface area (Å²) >= 11 is 0. The van der Waals surface area contributed by atoms with Crippen LogP contribution in [0.15, 0.2) is 53.4 Å². The molecular weight excluding hydrogens is 340 g/mol. The number of methoxy groups -OCH3 is 2. The van der Waals surface area contributed by atoms with Gasteiger partial charge >= 0.3 is 0 Å². The average Bonchev–Trinajstić information content (AvgIpc) is 2.62. The van der Waals surface area contributed by atoms with E-state index in [1.165, 1.54) is 19.2 Å². The van der Waals surface area contributed by atoms with Gasteiger partial charge in [-0.3, -0.25) is 0 Å². The molecule has 2 rings (SSSR count).